The Bertz CT molecular complexity index is 979. The smallest absolute Gasteiger partial charge is 0.251 e. The van der Waals surface area contributed by atoms with Crippen molar-refractivity contribution in [2.75, 3.05) is 13.1 Å². The van der Waals surface area contributed by atoms with Crippen molar-refractivity contribution in [3.05, 3.63) is 65.2 Å². The number of carbonyl (C=O) groups is 1. The van der Waals surface area contributed by atoms with Crippen molar-refractivity contribution in [2.24, 2.45) is 0 Å². The van der Waals surface area contributed by atoms with E-state index in [0.717, 1.165) is 44.9 Å². The molecule has 1 N–H and O–H groups in total. The van der Waals surface area contributed by atoms with Gasteiger partial charge in [-0.05, 0) is 61.4 Å². The molecule has 0 aromatic heterocycles. The summed E-state index contributed by atoms with van der Waals surface area (Å²) in [4.78, 5) is 13.1. The number of aryl methyl sites for hydroxylation is 1. The lowest BCUT2D eigenvalue weighted by Crippen LogP contribution is -2.33. The fourth-order valence-electron chi connectivity index (χ4n) is 4.37. The van der Waals surface area contributed by atoms with Gasteiger partial charge in [-0.25, -0.2) is 8.42 Å². The van der Waals surface area contributed by atoms with E-state index in [1.165, 1.54) is 17.2 Å². The van der Waals surface area contributed by atoms with Crippen LogP contribution < -0.4 is 5.32 Å². The number of rotatable bonds is 4. The van der Waals surface area contributed by atoms with Crippen molar-refractivity contribution in [1.82, 2.24) is 9.62 Å². The highest BCUT2D eigenvalue weighted by Gasteiger charge is 2.27. The van der Waals surface area contributed by atoms with Crippen molar-refractivity contribution in [2.45, 2.75) is 55.9 Å². The molecular formula is C23H28N2O3S. The molecule has 5 nitrogen and oxygen atoms in total. The largest absolute Gasteiger partial charge is 0.345 e. The van der Waals surface area contributed by atoms with Gasteiger partial charge in [-0.15, -0.1) is 0 Å². The van der Waals surface area contributed by atoms with E-state index < -0.39 is 10.0 Å². The molecule has 4 rings (SSSR count). The van der Waals surface area contributed by atoms with Gasteiger partial charge in [0, 0.05) is 18.7 Å². The van der Waals surface area contributed by atoms with E-state index in [4.69, 9.17) is 0 Å². The summed E-state index contributed by atoms with van der Waals surface area (Å²) >= 11 is 0. The Morgan fingerprint density at radius 2 is 1.69 bits per heavy atom. The van der Waals surface area contributed by atoms with Crippen LogP contribution in [0.2, 0.25) is 0 Å². The number of hydrogen-bond acceptors (Lipinski definition) is 3. The normalized spacial score (nSPS) is 20.5. The number of amides is 1. The van der Waals surface area contributed by atoms with Crippen LogP contribution in [0.1, 0.15) is 66.1 Å². The van der Waals surface area contributed by atoms with Crippen LogP contribution in [-0.4, -0.2) is 31.7 Å². The molecular weight excluding hydrogens is 384 g/mol. The molecule has 1 aliphatic carbocycles. The third-order valence-corrected chi connectivity index (χ3v) is 7.87. The molecule has 1 heterocycles. The minimum atomic E-state index is -3.57. The maximum Gasteiger partial charge on any atom is 0.251 e. The summed E-state index contributed by atoms with van der Waals surface area (Å²) in [7, 11) is -3.57. The van der Waals surface area contributed by atoms with Gasteiger partial charge >= 0.3 is 0 Å². The predicted octanol–water partition coefficient (Wildman–Crippen LogP) is 4.06. The second-order valence-corrected chi connectivity index (χ2v) is 9.90. The summed E-state index contributed by atoms with van der Waals surface area (Å²) < 4.78 is 27.7. The van der Waals surface area contributed by atoms with Crippen LogP contribution in [-0.2, 0) is 16.4 Å². The second kappa shape index (κ2) is 8.67. The zero-order valence-electron chi connectivity index (χ0n) is 16.6. The Balaban J connectivity index is 1.54. The molecule has 29 heavy (non-hydrogen) atoms. The number of hydrogen-bond donors (Lipinski definition) is 1. The maximum atomic E-state index is 13.1. The average Bonchev–Trinajstić information content (AvgIpc) is 3.04. The molecule has 0 radical (unpaired) electrons. The highest BCUT2D eigenvalue weighted by molar-refractivity contribution is 7.89. The van der Waals surface area contributed by atoms with Crippen LogP contribution in [0.3, 0.4) is 0 Å². The SMILES string of the molecule is O=C(N[C@H]1CCCc2ccccc21)c1cccc(S(=O)(=O)N2CCCCCC2)c1. The van der Waals surface area contributed by atoms with Gasteiger partial charge in [-0.2, -0.15) is 4.31 Å². The first-order valence-corrected chi connectivity index (χ1v) is 12.0. The minimum absolute atomic E-state index is 0.0293. The lowest BCUT2D eigenvalue weighted by atomic mass is 9.87. The molecule has 154 valence electrons. The molecule has 2 aromatic rings. The molecule has 1 fully saturated rings. The van der Waals surface area contributed by atoms with Gasteiger partial charge in [0.2, 0.25) is 10.0 Å². The monoisotopic (exact) mass is 412 g/mol. The first-order valence-electron chi connectivity index (χ1n) is 10.5. The van der Waals surface area contributed by atoms with Crippen LogP contribution in [0.15, 0.2) is 53.4 Å². The van der Waals surface area contributed by atoms with Crippen molar-refractivity contribution in [3.63, 3.8) is 0 Å². The number of carbonyl (C=O) groups excluding carboxylic acids is 1. The molecule has 2 aromatic carbocycles. The topological polar surface area (TPSA) is 66.5 Å². The van der Waals surface area contributed by atoms with Gasteiger partial charge in [-0.3, -0.25) is 4.79 Å². The Morgan fingerprint density at radius 1 is 0.931 bits per heavy atom. The van der Waals surface area contributed by atoms with Crippen LogP contribution in [0.5, 0.6) is 0 Å². The van der Waals surface area contributed by atoms with Gasteiger partial charge in [0.15, 0.2) is 0 Å². The molecule has 0 unspecified atom stereocenters. The summed E-state index contributed by atoms with van der Waals surface area (Å²) in [6.07, 6.45) is 6.88. The Hall–Kier alpha value is -2.18. The predicted molar refractivity (Wildman–Crippen MR) is 113 cm³/mol. The standard InChI is InChI=1S/C23H28N2O3S/c26-23(24-22-14-8-10-18-9-3-4-13-21(18)22)19-11-7-12-20(17-19)29(27,28)25-15-5-1-2-6-16-25/h3-4,7,9,11-13,17,22H,1-2,5-6,8,10,14-16H2,(H,24,26)/t22-/m0/s1. The highest BCUT2D eigenvalue weighted by Crippen LogP contribution is 2.30. The first-order chi connectivity index (χ1) is 14.1. The molecule has 0 bridgehead atoms. The summed E-state index contributed by atoms with van der Waals surface area (Å²) in [6.45, 7) is 1.11. The zero-order valence-corrected chi connectivity index (χ0v) is 17.5. The summed E-state index contributed by atoms with van der Waals surface area (Å²) in [5, 5.41) is 3.11. The molecule has 2 aliphatic rings. The van der Waals surface area contributed by atoms with E-state index in [2.05, 4.69) is 17.4 Å². The third-order valence-electron chi connectivity index (χ3n) is 5.97. The summed E-state index contributed by atoms with van der Waals surface area (Å²) in [6, 6.07) is 14.6. The lowest BCUT2D eigenvalue weighted by Gasteiger charge is -2.26. The van der Waals surface area contributed by atoms with Crippen molar-refractivity contribution >= 4 is 15.9 Å². The zero-order chi connectivity index (χ0) is 20.3. The number of benzene rings is 2. The van der Waals surface area contributed by atoms with Gasteiger partial charge in [0.05, 0.1) is 10.9 Å². The van der Waals surface area contributed by atoms with Gasteiger partial charge < -0.3 is 5.32 Å². The van der Waals surface area contributed by atoms with E-state index >= 15 is 0 Å². The van der Waals surface area contributed by atoms with Crippen LogP contribution in [0, 0.1) is 0 Å². The molecule has 1 aliphatic heterocycles. The Labute approximate surface area is 173 Å². The molecule has 6 heteroatoms. The summed E-state index contributed by atoms with van der Waals surface area (Å²) in [5.74, 6) is -0.223. The fraction of sp³-hybridized carbons (Fsp3) is 0.435. The number of sulfonamides is 1. The first kappa shape index (κ1) is 20.1. The van der Waals surface area contributed by atoms with Crippen LogP contribution in [0.4, 0.5) is 0 Å². The maximum absolute atomic E-state index is 13.1. The fourth-order valence-corrected chi connectivity index (χ4v) is 5.94. The highest BCUT2D eigenvalue weighted by atomic mass is 32.2. The second-order valence-electron chi connectivity index (χ2n) is 7.96. The number of nitrogens with one attached hydrogen (secondary N) is 1. The van der Waals surface area contributed by atoms with Gasteiger partial charge in [-0.1, -0.05) is 43.2 Å². The Morgan fingerprint density at radius 3 is 2.48 bits per heavy atom. The van der Waals surface area contributed by atoms with Crippen molar-refractivity contribution in [1.29, 1.82) is 0 Å². The summed E-state index contributed by atoms with van der Waals surface area (Å²) in [5.41, 5.74) is 2.84. The molecule has 0 spiro atoms. The molecule has 1 amide bonds. The Kier molecular flexibility index (Phi) is 6.01. The number of nitrogens with zero attached hydrogens (tertiary/aromatic N) is 1. The van der Waals surface area contributed by atoms with E-state index in [1.54, 1.807) is 22.5 Å². The number of fused-ring (bicyclic) bond motifs is 1. The third kappa shape index (κ3) is 4.38. The van der Waals surface area contributed by atoms with Crippen LogP contribution >= 0.6 is 0 Å². The van der Waals surface area contributed by atoms with Crippen molar-refractivity contribution < 1.29 is 13.2 Å². The van der Waals surface area contributed by atoms with E-state index in [0.29, 0.717) is 18.7 Å². The molecule has 1 atom stereocenters. The average molecular weight is 413 g/mol. The van der Waals surface area contributed by atoms with Crippen LogP contribution in [0.25, 0.3) is 0 Å². The van der Waals surface area contributed by atoms with Crippen molar-refractivity contribution in [3.8, 4) is 0 Å². The van der Waals surface area contributed by atoms with Gasteiger partial charge in [0.25, 0.3) is 5.91 Å². The minimum Gasteiger partial charge on any atom is -0.345 e. The molecule has 1 saturated heterocycles. The van der Waals surface area contributed by atoms with E-state index in [9.17, 15) is 13.2 Å². The lowest BCUT2D eigenvalue weighted by molar-refractivity contribution is 0.0932. The quantitative estimate of drug-likeness (QED) is 0.824. The van der Waals surface area contributed by atoms with E-state index in [1.807, 2.05) is 12.1 Å². The van der Waals surface area contributed by atoms with E-state index in [-0.39, 0.29) is 16.8 Å². The molecule has 0 saturated carbocycles. The van der Waals surface area contributed by atoms with Gasteiger partial charge in [0.1, 0.15) is 0 Å².